The Morgan fingerprint density at radius 1 is 0.372 bits per heavy atom. The summed E-state index contributed by atoms with van der Waals surface area (Å²) in [6.45, 7) is 0. The highest BCUT2D eigenvalue weighted by atomic mass is 14.9. The van der Waals surface area contributed by atoms with E-state index in [0.29, 0.717) is 0 Å². The van der Waals surface area contributed by atoms with Gasteiger partial charge in [-0.15, -0.1) is 0 Å². The Morgan fingerprint density at radius 2 is 0.814 bits per heavy atom. The predicted molar refractivity (Wildman–Crippen MR) is 176 cm³/mol. The average molecular weight is 549 g/mol. The summed E-state index contributed by atoms with van der Waals surface area (Å²) in [5.74, 6) is 0.723. The fraction of sp³-hybridized carbons (Fsp3) is 0.0244. The van der Waals surface area contributed by atoms with Crippen molar-refractivity contribution in [3.05, 3.63) is 192 Å². The van der Waals surface area contributed by atoms with Crippen LogP contribution in [0.15, 0.2) is 170 Å². The molecule has 1 aliphatic carbocycles. The molecule has 1 heterocycles. The third kappa shape index (κ3) is 4.03. The minimum atomic E-state index is -0.538. The van der Waals surface area contributed by atoms with Gasteiger partial charge in [0.2, 0.25) is 0 Å². The van der Waals surface area contributed by atoms with E-state index in [-0.39, 0.29) is 0 Å². The normalized spacial score (nSPS) is 12.8. The SMILES string of the molecule is c1ccc(-c2cc(-c3ccccc3)nc(-c3cccc4c3C(c3ccccc3)(c3ccccc3)c3ccccc3-4)n2)cc1. The molecule has 0 N–H and O–H groups in total. The maximum atomic E-state index is 5.28. The smallest absolute Gasteiger partial charge is 0.160 e. The Hall–Kier alpha value is -5.60. The molecule has 0 fully saturated rings. The number of rotatable bonds is 5. The van der Waals surface area contributed by atoms with Gasteiger partial charge in [0.15, 0.2) is 5.82 Å². The molecule has 43 heavy (non-hydrogen) atoms. The van der Waals surface area contributed by atoms with Crippen molar-refractivity contribution in [3.63, 3.8) is 0 Å². The van der Waals surface area contributed by atoms with Crippen LogP contribution in [0.5, 0.6) is 0 Å². The highest BCUT2D eigenvalue weighted by molar-refractivity contribution is 5.92. The molecule has 1 aromatic heterocycles. The molecule has 1 aliphatic rings. The van der Waals surface area contributed by atoms with Crippen molar-refractivity contribution in [2.24, 2.45) is 0 Å². The molecule has 8 rings (SSSR count). The Bertz CT molecular complexity index is 1950. The molecule has 0 spiro atoms. The van der Waals surface area contributed by atoms with Crippen LogP contribution in [0.2, 0.25) is 0 Å². The second kappa shape index (κ2) is 10.3. The quantitative estimate of drug-likeness (QED) is 0.214. The van der Waals surface area contributed by atoms with Crippen molar-refractivity contribution in [1.29, 1.82) is 0 Å². The minimum Gasteiger partial charge on any atom is -0.228 e. The molecule has 0 aliphatic heterocycles. The first kappa shape index (κ1) is 25.1. The summed E-state index contributed by atoms with van der Waals surface area (Å²) in [4.78, 5) is 10.6. The van der Waals surface area contributed by atoms with Gasteiger partial charge in [-0.25, -0.2) is 9.97 Å². The maximum absolute atomic E-state index is 5.28. The van der Waals surface area contributed by atoms with Crippen LogP contribution in [-0.2, 0) is 5.41 Å². The van der Waals surface area contributed by atoms with Crippen molar-refractivity contribution < 1.29 is 0 Å². The maximum Gasteiger partial charge on any atom is 0.160 e. The van der Waals surface area contributed by atoms with Gasteiger partial charge < -0.3 is 0 Å². The first-order valence-corrected chi connectivity index (χ1v) is 14.7. The predicted octanol–water partition coefficient (Wildman–Crippen LogP) is 9.84. The van der Waals surface area contributed by atoms with Crippen LogP contribution in [0.25, 0.3) is 45.0 Å². The fourth-order valence-electron chi connectivity index (χ4n) is 6.77. The molecule has 202 valence electrons. The van der Waals surface area contributed by atoms with E-state index in [1.54, 1.807) is 0 Å². The van der Waals surface area contributed by atoms with Gasteiger partial charge in [-0.2, -0.15) is 0 Å². The summed E-state index contributed by atoms with van der Waals surface area (Å²) < 4.78 is 0. The molecular formula is C41H28N2. The number of fused-ring (bicyclic) bond motifs is 3. The Kier molecular flexibility index (Phi) is 6.05. The highest BCUT2D eigenvalue weighted by Gasteiger charge is 2.47. The van der Waals surface area contributed by atoms with Gasteiger partial charge in [0, 0.05) is 16.7 Å². The van der Waals surface area contributed by atoms with Gasteiger partial charge in [0.05, 0.1) is 16.8 Å². The second-order valence-electron chi connectivity index (χ2n) is 10.9. The fourth-order valence-corrected chi connectivity index (χ4v) is 6.77. The molecule has 0 radical (unpaired) electrons. The molecule has 0 saturated carbocycles. The lowest BCUT2D eigenvalue weighted by molar-refractivity contribution is 0.769. The summed E-state index contributed by atoms with van der Waals surface area (Å²) in [7, 11) is 0. The monoisotopic (exact) mass is 548 g/mol. The van der Waals surface area contributed by atoms with Crippen molar-refractivity contribution in [2.45, 2.75) is 5.41 Å². The first-order chi connectivity index (χ1) is 21.3. The Labute approximate surface area is 252 Å². The standard InChI is InChI=1S/C41H28N2/c1-5-16-29(17-6-1)37-28-38(30-18-7-2-8-19-30)43-40(42-37)35-26-15-25-34-33-24-13-14-27-36(33)41(39(34)35,31-20-9-3-10-21-31)32-22-11-4-12-23-32/h1-28H. The lowest BCUT2D eigenvalue weighted by Gasteiger charge is -2.35. The van der Waals surface area contributed by atoms with Gasteiger partial charge >= 0.3 is 0 Å². The molecule has 0 bridgehead atoms. The van der Waals surface area contributed by atoms with E-state index in [1.807, 2.05) is 12.1 Å². The molecule has 0 unspecified atom stereocenters. The van der Waals surface area contributed by atoms with E-state index < -0.39 is 5.41 Å². The Balaban J connectivity index is 1.49. The summed E-state index contributed by atoms with van der Waals surface area (Å²) in [6.07, 6.45) is 0. The molecule has 7 aromatic rings. The lowest BCUT2D eigenvalue weighted by atomic mass is 9.66. The lowest BCUT2D eigenvalue weighted by Crippen LogP contribution is -2.29. The zero-order valence-corrected chi connectivity index (χ0v) is 23.6. The molecule has 0 amide bonds. The van der Waals surface area contributed by atoms with Crippen molar-refractivity contribution in [2.75, 3.05) is 0 Å². The summed E-state index contributed by atoms with van der Waals surface area (Å²) in [5.41, 5.74) is 11.9. The third-order valence-electron chi connectivity index (χ3n) is 8.58. The molecular weight excluding hydrogens is 520 g/mol. The molecule has 0 atom stereocenters. The number of hydrogen-bond acceptors (Lipinski definition) is 2. The van der Waals surface area contributed by atoms with E-state index in [2.05, 4.69) is 158 Å². The molecule has 2 nitrogen and oxygen atoms in total. The van der Waals surface area contributed by atoms with Gasteiger partial charge in [-0.05, 0) is 39.4 Å². The van der Waals surface area contributed by atoms with Gasteiger partial charge in [-0.1, -0.05) is 164 Å². The largest absolute Gasteiger partial charge is 0.228 e. The zero-order chi connectivity index (χ0) is 28.6. The van der Waals surface area contributed by atoms with E-state index >= 15 is 0 Å². The first-order valence-electron chi connectivity index (χ1n) is 14.7. The number of hydrogen-bond donors (Lipinski definition) is 0. The number of benzene rings is 6. The van der Waals surface area contributed by atoms with Crippen LogP contribution >= 0.6 is 0 Å². The highest BCUT2D eigenvalue weighted by Crippen LogP contribution is 2.58. The van der Waals surface area contributed by atoms with Crippen molar-refractivity contribution in [1.82, 2.24) is 9.97 Å². The van der Waals surface area contributed by atoms with E-state index in [0.717, 1.165) is 33.9 Å². The van der Waals surface area contributed by atoms with Gasteiger partial charge in [0.1, 0.15) is 0 Å². The number of nitrogens with zero attached hydrogens (tertiary/aromatic N) is 2. The van der Waals surface area contributed by atoms with Crippen LogP contribution in [0, 0.1) is 0 Å². The van der Waals surface area contributed by atoms with Crippen LogP contribution in [0.1, 0.15) is 22.3 Å². The third-order valence-corrected chi connectivity index (χ3v) is 8.58. The molecule has 2 heteroatoms. The molecule has 0 saturated heterocycles. The zero-order valence-electron chi connectivity index (χ0n) is 23.6. The van der Waals surface area contributed by atoms with Crippen molar-refractivity contribution in [3.8, 4) is 45.0 Å². The summed E-state index contributed by atoms with van der Waals surface area (Å²) in [5, 5.41) is 0. The number of aromatic nitrogens is 2. The van der Waals surface area contributed by atoms with Crippen molar-refractivity contribution >= 4 is 0 Å². The van der Waals surface area contributed by atoms with Crippen LogP contribution in [0.3, 0.4) is 0 Å². The van der Waals surface area contributed by atoms with E-state index in [1.165, 1.54) is 33.4 Å². The van der Waals surface area contributed by atoms with Gasteiger partial charge in [0.25, 0.3) is 0 Å². The molecule has 6 aromatic carbocycles. The second-order valence-corrected chi connectivity index (χ2v) is 10.9. The van der Waals surface area contributed by atoms with E-state index in [9.17, 15) is 0 Å². The van der Waals surface area contributed by atoms with Crippen LogP contribution in [0.4, 0.5) is 0 Å². The Morgan fingerprint density at radius 3 is 1.37 bits per heavy atom. The minimum absolute atomic E-state index is 0.538. The van der Waals surface area contributed by atoms with Crippen LogP contribution in [-0.4, -0.2) is 9.97 Å². The van der Waals surface area contributed by atoms with Gasteiger partial charge in [-0.3, -0.25) is 0 Å². The van der Waals surface area contributed by atoms with E-state index in [4.69, 9.17) is 9.97 Å². The topological polar surface area (TPSA) is 25.8 Å². The van der Waals surface area contributed by atoms with Crippen LogP contribution < -0.4 is 0 Å². The summed E-state index contributed by atoms with van der Waals surface area (Å²) >= 11 is 0. The summed E-state index contributed by atoms with van der Waals surface area (Å²) in [6, 6.07) is 60.1. The average Bonchev–Trinajstić information content (AvgIpc) is 3.41.